The Hall–Kier alpha value is -7.04. The Balaban J connectivity index is 1.19. The largest absolute Gasteiger partial charge is 0.252 e. The number of benzene rings is 6. The molecule has 3 heterocycles. The maximum Gasteiger partial charge on any atom is 0.160 e. The number of hydrogen-bond acceptors (Lipinski definition) is 4. The second-order valence-corrected chi connectivity index (χ2v) is 14.5. The second-order valence-electron chi connectivity index (χ2n) is 14.5. The summed E-state index contributed by atoms with van der Waals surface area (Å²) < 4.78 is 0. The fraction of sp³-hybridized carbons (Fsp3) is 0.0769. The van der Waals surface area contributed by atoms with Gasteiger partial charge in [0.05, 0.1) is 28.3 Å². The van der Waals surface area contributed by atoms with Crippen molar-refractivity contribution in [2.45, 2.75) is 19.3 Å². The Morgan fingerprint density at radius 2 is 1.05 bits per heavy atom. The third-order valence-corrected chi connectivity index (χ3v) is 10.9. The highest BCUT2D eigenvalue weighted by atomic mass is 14.9. The van der Waals surface area contributed by atoms with E-state index in [0.29, 0.717) is 11.7 Å². The third kappa shape index (κ3) is 6.35. The van der Waals surface area contributed by atoms with Gasteiger partial charge in [-0.25, -0.2) is 15.0 Å². The van der Waals surface area contributed by atoms with E-state index in [-0.39, 0.29) is 0 Å². The first kappa shape index (κ1) is 33.5. The summed E-state index contributed by atoms with van der Waals surface area (Å²) in [7, 11) is 0. The van der Waals surface area contributed by atoms with Gasteiger partial charge in [-0.15, -0.1) is 0 Å². The number of nitrogens with zero attached hydrogens (tertiary/aromatic N) is 4. The molecule has 1 unspecified atom stereocenters. The van der Waals surface area contributed by atoms with E-state index >= 15 is 0 Å². The summed E-state index contributed by atoms with van der Waals surface area (Å²) in [6.45, 7) is 0. The van der Waals surface area contributed by atoms with Crippen molar-refractivity contribution in [3.8, 4) is 67.4 Å². The Kier molecular flexibility index (Phi) is 8.77. The van der Waals surface area contributed by atoms with E-state index in [1.807, 2.05) is 6.07 Å². The van der Waals surface area contributed by atoms with E-state index in [2.05, 4.69) is 182 Å². The molecule has 1 atom stereocenters. The molecule has 1 aliphatic carbocycles. The van der Waals surface area contributed by atoms with Crippen LogP contribution in [0.5, 0.6) is 0 Å². The average molecular weight is 719 g/mol. The number of pyridine rings is 1. The van der Waals surface area contributed by atoms with Gasteiger partial charge in [0.25, 0.3) is 0 Å². The molecule has 0 saturated heterocycles. The standard InChI is InChI=1S/C52H38N4/c1-2-13-30-45-39(24-6-1)34-44-48(54-46-31-15-14-29-43(46)51(44)53-45)41-27-17-26-40(33-41)47-49(36-20-9-4-10-21-36)55-52(56-50(47)37-22-11-5-12-23-37)42-28-16-25-38(32-42)35-18-7-3-8-19-35/h1-5,7-23,25-33,39H,6,24,34H2. The molecule has 6 aromatic carbocycles. The highest BCUT2D eigenvalue weighted by molar-refractivity contribution is 6.06. The number of aromatic nitrogens is 3. The zero-order valence-corrected chi connectivity index (χ0v) is 30.9. The molecular formula is C52H38N4. The van der Waals surface area contributed by atoms with Crippen LogP contribution in [0.25, 0.3) is 78.3 Å². The molecule has 0 radical (unpaired) electrons. The monoisotopic (exact) mass is 718 g/mol. The molecule has 4 heteroatoms. The smallest absolute Gasteiger partial charge is 0.160 e. The van der Waals surface area contributed by atoms with Crippen molar-refractivity contribution in [1.82, 2.24) is 15.0 Å². The third-order valence-electron chi connectivity index (χ3n) is 10.9. The van der Waals surface area contributed by atoms with Gasteiger partial charge in [0.15, 0.2) is 5.82 Å². The molecule has 0 fully saturated rings. The summed E-state index contributed by atoms with van der Waals surface area (Å²) in [6, 6.07) is 57.2. The summed E-state index contributed by atoms with van der Waals surface area (Å²) >= 11 is 0. The molecule has 4 nitrogen and oxygen atoms in total. The average Bonchev–Trinajstić information content (AvgIpc) is 3.26. The SMILES string of the molecule is C1=CCCC2Cc3c(-c4cccc(-c5c(-c6ccccc6)nc(-c6cccc(-c7ccccc7)c6)nc5-c5ccccc5)c4)nc4ccccc4c3N=C2C=C1. The van der Waals surface area contributed by atoms with Crippen LogP contribution in [0, 0.1) is 5.92 Å². The highest BCUT2D eigenvalue weighted by Crippen LogP contribution is 2.44. The van der Waals surface area contributed by atoms with Crippen LogP contribution in [0.1, 0.15) is 18.4 Å². The predicted octanol–water partition coefficient (Wildman–Crippen LogP) is 13.2. The van der Waals surface area contributed by atoms with Crippen LogP contribution in [0.3, 0.4) is 0 Å². The van der Waals surface area contributed by atoms with E-state index in [1.165, 1.54) is 5.56 Å². The van der Waals surface area contributed by atoms with E-state index in [0.717, 1.165) is 103 Å². The molecule has 266 valence electrons. The lowest BCUT2D eigenvalue weighted by Gasteiger charge is -2.26. The first-order valence-electron chi connectivity index (χ1n) is 19.4. The van der Waals surface area contributed by atoms with E-state index in [9.17, 15) is 0 Å². The predicted molar refractivity (Wildman–Crippen MR) is 232 cm³/mol. The summed E-state index contributed by atoms with van der Waals surface area (Å²) in [6.07, 6.45) is 11.7. The van der Waals surface area contributed by atoms with Gasteiger partial charge in [-0.3, -0.25) is 4.99 Å². The van der Waals surface area contributed by atoms with Gasteiger partial charge >= 0.3 is 0 Å². The van der Waals surface area contributed by atoms with Crippen molar-refractivity contribution in [3.63, 3.8) is 0 Å². The van der Waals surface area contributed by atoms with Gasteiger partial charge in [0, 0.05) is 50.4 Å². The molecule has 0 amide bonds. The molecule has 0 spiro atoms. The van der Waals surface area contributed by atoms with Gasteiger partial charge in [-0.2, -0.15) is 0 Å². The van der Waals surface area contributed by atoms with Crippen LogP contribution in [0.4, 0.5) is 5.69 Å². The lowest BCUT2D eigenvalue weighted by Crippen LogP contribution is -2.20. The minimum atomic E-state index is 0.337. The van der Waals surface area contributed by atoms with E-state index in [4.69, 9.17) is 19.9 Å². The Morgan fingerprint density at radius 3 is 1.79 bits per heavy atom. The Labute approximate surface area is 327 Å². The Bertz CT molecular complexity index is 2760. The number of para-hydroxylation sites is 1. The van der Waals surface area contributed by atoms with Gasteiger partial charge in [-0.05, 0) is 60.2 Å². The van der Waals surface area contributed by atoms with Gasteiger partial charge < -0.3 is 0 Å². The molecule has 0 saturated carbocycles. The molecule has 56 heavy (non-hydrogen) atoms. The maximum absolute atomic E-state index is 5.43. The quantitative estimate of drug-likeness (QED) is 0.172. The zero-order valence-electron chi connectivity index (χ0n) is 30.9. The molecule has 8 aromatic rings. The first-order chi connectivity index (χ1) is 27.8. The lowest BCUT2D eigenvalue weighted by molar-refractivity contribution is 0.624. The van der Waals surface area contributed by atoms with Crippen LogP contribution in [0.2, 0.25) is 0 Å². The van der Waals surface area contributed by atoms with Crippen LogP contribution >= 0.6 is 0 Å². The summed E-state index contributed by atoms with van der Waals surface area (Å²) in [5, 5.41) is 1.09. The number of aliphatic imine (C=N–C) groups is 1. The molecule has 1 aliphatic heterocycles. The maximum atomic E-state index is 5.43. The number of hydrogen-bond donors (Lipinski definition) is 0. The molecule has 2 aromatic heterocycles. The molecule has 0 N–H and O–H groups in total. The van der Waals surface area contributed by atoms with Crippen molar-refractivity contribution in [3.05, 3.63) is 194 Å². The van der Waals surface area contributed by atoms with Crippen molar-refractivity contribution >= 4 is 22.3 Å². The van der Waals surface area contributed by atoms with Crippen molar-refractivity contribution in [1.29, 1.82) is 0 Å². The minimum absolute atomic E-state index is 0.337. The highest BCUT2D eigenvalue weighted by Gasteiger charge is 2.28. The van der Waals surface area contributed by atoms with Crippen molar-refractivity contribution < 1.29 is 0 Å². The fourth-order valence-electron chi connectivity index (χ4n) is 8.18. The van der Waals surface area contributed by atoms with Gasteiger partial charge in [0.1, 0.15) is 0 Å². The molecule has 10 rings (SSSR count). The number of allylic oxidation sites excluding steroid dienone is 4. The van der Waals surface area contributed by atoms with Crippen molar-refractivity contribution in [2.75, 3.05) is 0 Å². The normalized spacial score (nSPS) is 14.7. The van der Waals surface area contributed by atoms with E-state index < -0.39 is 0 Å². The van der Waals surface area contributed by atoms with Gasteiger partial charge in [-0.1, -0.05) is 164 Å². The first-order valence-corrected chi connectivity index (χ1v) is 19.4. The number of rotatable bonds is 6. The van der Waals surface area contributed by atoms with Crippen LogP contribution in [-0.4, -0.2) is 20.7 Å². The van der Waals surface area contributed by atoms with Crippen LogP contribution in [0.15, 0.2) is 193 Å². The fourth-order valence-corrected chi connectivity index (χ4v) is 8.18. The van der Waals surface area contributed by atoms with Crippen LogP contribution in [-0.2, 0) is 6.42 Å². The van der Waals surface area contributed by atoms with Crippen molar-refractivity contribution in [2.24, 2.45) is 10.9 Å². The molecule has 2 aliphatic rings. The lowest BCUT2D eigenvalue weighted by atomic mass is 9.83. The topological polar surface area (TPSA) is 51.0 Å². The molecular weight excluding hydrogens is 681 g/mol. The van der Waals surface area contributed by atoms with Crippen LogP contribution < -0.4 is 0 Å². The summed E-state index contributed by atoms with van der Waals surface area (Å²) in [4.78, 5) is 21.6. The zero-order chi connectivity index (χ0) is 37.3. The number of fused-ring (bicyclic) bond motifs is 4. The molecule has 0 bridgehead atoms. The Morgan fingerprint density at radius 1 is 0.464 bits per heavy atom. The minimum Gasteiger partial charge on any atom is -0.252 e. The summed E-state index contributed by atoms with van der Waals surface area (Å²) in [5.41, 5.74) is 15.5. The second kappa shape index (κ2) is 14.7. The summed E-state index contributed by atoms with van der Waals surface area (Å²) in [5.74, 6) is 1.02. The van der Waals surface area contributed by atoms with Gasteiger partial charge in [0.2, 0.25) is 0 Å². The van der Waals surface area contributed by atoms with E-state index in [1.54, 1.807) is 0 Å².